The molecule has 0 radical (unpaired) electrons. The van der Waals surface area contributed by atoms with Gasteiger partial charge in [-0.1, -0.05) is 0 Å². The number of methoxy groups -OCH3 is 1. The third-order valence-corrected chi connectivity index (χ3v) is 4.70. The van der Waals surface area contributed by atoms with Crippen molar-refractivity contribution in [1.29, 1.82) is 0 Å². The van der Waals surface area contributed by atoms with Gasteiger partial charge < -0.3 is 15.8 Å². The summed E-state index contributed by atoms with van der Waals surface area (Å²) in [6, 6.07) is 5.07. The first-order valence-electron chi connectivity index (χ1n) is 5.87. The number of nitrogens with one attached hydrogen (secondary N) is 1. The highest BCUT2D eigenvalue weighted by molar-refractivity contribution is 8.00. The Balaban J connectivity index is 2.04. The molecule has 0 atom stereocenters. The summed E-state index contributed by atoms with van der Waals surface area (Å²) in [7, 11) is 1.54. The highest BCUT2D eigenvalue weighted by Crippen LogP contribution is 2.46. The molecule has 1 amide bonds. The Morgan fingerprint density at radius 2 is 2.28 bits per heavy atom. The van der Waals surface area contributed by atoms with E-state index in [1.165, 1.54) is 20.0 Å². The minimum atomic E-state index is -0.104. The fourth-order valence-electron chi connectivity index (χ4n) is 1.82. The Kier molecular flexibility index (Phi) is 3.71. The molecule has 3 N–H and O–H groups in total. The predicted molar refractivity (Wildman–Crippen MR) is 75.2 cm³/mol. The monoisotopic (exact) mass is 266 g/mol. The Hall–Kier alpha value is -1.36. The van der Waals surface area contributed by atoms with Gasteiger partial charge in [-0.25, -0.2) is 0 Å². The Bertz CT molecular complexity index is 458. The Morgan fingerprint density at radius 3 is 2.83 bits per heavy atom. The SMILES string of the molecule is COc1cc(N)ccc1C(=O)NCC1(SC)CC1. The lowest BCUT2D eigenvalue weighted by atomic mass is 10.1. The largest absolute Gasteiger partial charge is 0.496 e. The summed E-state index contributed by atoms with van der Waals surface area (Å²) in [5, 5.41) is 2.97. The van der Waals surface area contributed by atoms with E-state index in [-0.39, 0.29) is 10.7 Å². The van der Waals surface area contributed by atoms with E-state index in [0.29, 0.717) is 23.5 Å². The van der Waals surface area contributed by atoms with E-state index in [1.54, 1.807) is 18.2 Å². The van der Waals surface area contributed by atoms with Crippen molar-refractivity contribution in [3.63, 3.8) is 0 Å². The number of carbonyl (C=O) groups excluding carboxylic acids is 1. The molecule has 98 valence electrons. The molecule has 1 aromatic rings. The normalized spacial score (nSPS) is 16.1. The lowest BCUT2D eigenvalue weighted by Gasteiger charge is -2.14. The molecule has 2 rings (SSSR count). The molecule has 0 spiro atoms. The lowest BCUT2D eigenvalue weighted by Crippen LogP contribution is -2.31. The third kappa shape index (κ3) is 2.72. The van der Waals surface area contributed by atoms with Gasteiger partial charge in [-0.15, -0.1) is 0 Å². The zero-order valence-electron chi connectivity index (χ0n) is 10.7. The van der Waals surface area contributed by atoms with Crippen LogP contribution >= 0.6 is 11.8 Å². The lowest BCUT2D eigenvalue weighted by molar-refractivity contribution is 0.0950. The summed E-state index contributed by atoms with van der Waals surface area (Å²) >= 11 is 1.82. The van der Waals surface area contributed by atoms with E-state index in [4.69, 9.17) is 10.5 Å². The van der Waals surface area contributed by atoms with Crippen LogP contribution in [0.5, 0.6) is 5.75 Å². The number of anilines is 1. The standard InChI is InChI=1S/C13H18N2O2S/c1-17-11-7-9(14)3-4-10(11)12(16)15-8-13(18-2)5-6-13/h3-4,7H,5-6,8,14H2,1-2H3,(H,15,16). The van der Waals surface area contributed by atoms with Gasteiger partial charge in [-0.2, -0.15) is 11.8 Å². The van der Waals surface area contributed by atoms with Crippen molar-refractivity contribution in [3.05, 3.63) is 23.8 Å². The van der Waals surface area contributed by atoms with Crippen molar-refractivity contribution in [3.8, 4) is 5.75 Å². The molecule has 1 aromatic carbocycles. The van der Waals surface area contributed by atoms with Crippen molar-refractivity contribution in [2.75, 3.05) is 25.6 Å². The van der Waals surface area contributed by atoms with E-state index >= 15 is 0 Å². The molecular weight excluding hydrogens is 248 g/mol. The van der Waals surface area contributed by atoms with E-state index in [1.807, 2.05) is 11.8 Å². The van der Waals surface area contributed by atoms with Crippen LogP contribution in [0.1, 0.15) is 23.2 Å². The summed E-state index contributed by atoms with van der Waals surface area (Å²) in [5.41, 5.74) is 6.78. The van der Waals surface area contributed by atoms with Crippen LogP contribution in [0.4, 0.5) is 5.69 Å². The van der Waals surface area contributed by atoms with Gasteiger partial charge in [0.25, 0.3) is 5.91 Å². The second kappa shape index (κ2) is 5.10. The topological polar surface area (TPSA) is 64.3 Å². The highest BCUT2D eigenvalue weighted by Gasteiger charge is 2.42. The molecule has 0 unspecified atom stereocenters. The van der Waals surface area contributed by atoms with Gasteiger partial charge in [-0.3, -0.25) is 4.79 Å². The van der Waals surface area contributed by atoms with Gasteiger partial charge in [0.2, 0.25) is 0 Å². The van der Waals surface area contributed by atoms with Crippen LogP contribution in [-0.4, -0.2) is 30.6 Å². The number of nitrogens with two attached hydrogens (primary N) is 1. The second-order valence-corrected chi connectivity index (χ2v) is 5.80. The van der Waals surface area contributed by atoms with Crippen molar-refractivity contribution in [2.45, 2.75) is 17.6 Å². The third-order valence-electron chi connectivity index (χ3n) is 3.28. The van der Waals surface area contributed by atoms with Crippen LogP contribution < -0.4 is 15.8 Å². The van der Waals surface area contributed by atoms with E-state index < -0.39 is 0 Å². The van der Waals surface area contributed by atoms with Crippen molar-refractivity contribution in [2.24, 2.45) is 0 Å². The van der Waals surface area contributed by atoms with Crippen LogP contribution in [-0.2, 0) is 0 Å². The number of ether oxygens (including phenoxy) is 1. The maximum Gasteiger partial charge on any atom is 0.255 e. The first-order valence-corrected chi connectivity index (χ1v) is 7.09. The molecule has 1 aliphatic rings. The van der Waals surface area contributed by atoms with E-state index in [0.717, 1.165) is 0 Å². The molecule has 18 heavy (non-hydrogen) atoms. The molecule has 0 bridgehead atoms. The van der Waals surface area contributed by atoms with E-state index in [9.17, 15) is 4.79 Å². The number of benzene rings is 1. The second-order valence-electron chi connectivity index (χ2n) is 4.53. The number of carbonyl (C=O) groups is 1. The first-order chi connectivity index (χ1) is 8.60. The highest BCUT2D eigenvalue weighted by atomic mass is 32.2. The molecule has 0 heterocycles. The molecule has 4 nitrogen and oxygen atoms in total. The van der Waals surface area contributed by atoms with Gasteiger partial charge in [0.15, 0.2) is 0 Å². The zero-order chi connectivity index (χ0) is 13.2. The molecule has 0 aromatic heterocycles. The molecule has 0 saturated heterocycles. The van der Waals surface area contributed by atoms with Gasteiger partial charge >= 0.3 is 0 Å². The summed E-state index contributed by atoms with van der Waals surface area (Å²) in [5.74, 6) is 0.411. The number of rotatable bonds is 5. The van der Waals surface area contributed by atoms with Crippen molar-refractivity contribution in [1.82, 2.24) is 5.32 Å². The maximum atomic E-state index is 12.1. The summed E-state index contributed by atoms with van der Waals surface area (Å²) in [4.78, 5) is 12.1. The van der Waals surface area contributed by atoms with Gasteiger partial charge in [0, 0.05) is 23.0 Å². The molecule has 1 aliphatic carbocycles. The predicted octanol–water partition coefficient (Wildman–Crippen LogP) is 1.90. The fourth-order valence-corrected chi connectivity index (χ4v) is 2.55. The van der Waals surface area contributed by atoms with Crippen LogP contribution in [0.25, 0.3) is 0 Å². The zero-order valence-corrected chi connectivity index (χ0v) is 11.5. The smallest absolute Gasteiger partial charge is 0.255 e. The van der Waals surface area contributed by atoms with Gasteiger partial charge in [0.1, 0.15) is 5.75 Å². The number of thioether (sulfide) groups is 1. The van der Waals surface area contributed by atoms with E-state index in [2.05, 4.69) is 11.6 Å². The first kappa shape index (κ1) is 13.1. The Morgan fingerprint density at radius 1 is 1.56 bits per heavy atom. The number of hydrogen-bond donors (Lipinski definition) is 2. The average Bonchev–Trinajstić information content (AvgIpc) is 3.16. The number of amides is 1. The molecule has 5 heteroatoms. The average molecular weight is 266 g/mol. The minimum absolute atomic E-state index is 0.104. The number of nitrogen functional groups attached to an aromatic ring is 1. The summed E-state index contributed by atoms with van der Waals surface area (Å²) < 4.78 is 5.44. The van der Waals surface area contributed by atoms with Crippen molar-refractivity contribution >= 4 is 23.4 Å². The maximum absolute atomic E-state index is 12.1. The van der Waals surface area contributed by atoms with Crippen molar-refractivity contribution < 1.29 is 9.53 Å². The van der Waals surface area contributed by atoms with Crippen LogP contribution in [0.15, 0.2) is 18.2 Å². The van der Waals surface area contributed by atoms with Gasteiger partial charge in [0.05, 0.1) is 12.7 Å². The van der Waals surface area contributed by atoms with Crippen LogP contribution in [0, 0.1) is 0 Å². The minimum Gasteiger partial charge on any atom is -0.496 e. The fraction of sp³-hybridized carbons (Fsp3) is 0.462. The van der Waals surface area contributed by atoms with Crippen LogP contribution in [0.2, 0.25) is 0 Å². The molecule has 1 saturated carbocycles. The molecule has 1 fully saturated rings. The summed E-state index contributed by atoms with van der Waals surface area (Å²) in [6.07, 6.45) is 4.43. The molecular formula is C13H18N2O2S. The van der Waals surface area contributed by atoms with Crippen LogP contribution in [0.3, 0.4) is 0 Å². The quantitative estimate of drug-likeness (QED) is 0.799. The Labute approximate surface area is 111 Å². The number of hydrogen-bond acceptors (Lipinski definition) is 4. The van der Waals surface area contributed by atoms with Gasteiger partial charge in [-0.05, 0) is 31.2 Å². The summed E-state index contributed by atoms with van der Waals surface area (Å²) in [6.45, 7) is 0.709. The molecule has 0 aliphatic heterocycles.